The van der Waals surface area contributed by atoms with E-state index in [0.717, 1.165) is 0 Å². The van der Waals surface area contributed by atoms with Crippen molar-refractivity contribution in [2.45, 2.75) is 0 Å². The first-order chi connectivity index (χ1) is 35.5. The van der Waals surface area contributed by atoms with Crippen molar-refractivity contribution in [1.82, 2.24) is 0 Å². The van der Waals surface area contributed by atoms with Crippen LogP contribution in [-0.4, -0.2) is 0 Å². The maximum atomic E-state index is 9.86. The first-order valence-corrected chi connectivity index (χ1v) is 14.1. The summed E-state index contributed by atoms with van der Waals surface area (Å²) in [6.07, 6.45) is 0. The smallest absolute Gasteiger partial charge is 0.139 e. The van der Waals surface area contributed by atoms with Crippen LogP contribution in [0.4, 0.5) is 0 Å². The SMILES string of the molecule is [2H]c1c([2H])c([2H])c(-c2c([2H])c([2H])c(-c3oc4c([2H])c5oc6c([2H])c([2H])c(-c7c8c([2H])c([2H])c([2H])c([2H])c8c(-c8c([2H])c([2H])c([2H])c([2H])c8[2H])c8c([2H])c([2H])c([2H])c([2H])c78)c([2H])c6c5c([2H])c4c3[2H])c([2H])c2[2H])c([2H])c1[2H]. The maximum absolute atomic E-state index is 9.86. The zero-order chi connectivity index (χ0) is 56.0. The summed E-state index contributed by atoms with van der Waals surface area (Å²) in [7, 11) is 0. The van der Waals surface area contributed by atoms with E-state index in [9.17, 15) is 13.7 Å². The molecule has 2 aromatic heterocycles. The number of fused-ring (bicyclic) bond motifs is 6. The van der Waals surface area contributed by atoms with Crippen molar-refractivity contribution in [3.8, 4) is 44.7 Å². The van der Waals surface area contributed by atoms with Gasteiger partial charge in [-0.05, 0) is 79.1 Å². The molecule has 0 bridgehead atoms. The first kappa shape index (κ1) is 11.1. The van der Waals surface area contributed by atoms with Crippen molar-refractivity contribution in [1.29, 1.82) is 0 Å². The van der Waals surface area contributed by atoms with Crippen LogP contribution in [0.5, 0.6) is 0 Å². The van der Waals surface area contributed by atoms with Gasteiger partial charge in [0.2, 0.25) is 0 Å². The minimum atomic E-state index is -0.955. The van der Waals surface area contributed by atoms with E-state index in [4.69, 9.17) is 33.5 Å². The molecule has 0 aliphatic heterocycles. The summed E-state index contributed by atoms with van der Waals surface area (Å²) < 4.78 is 260. The van der Waals surface area contributed by atoms with E-state index in [0.29, 0.717) is 0 Å². The van der Waals surface area contributed by atoms with E-state index in [1.165, 1.54) is 0 Å². The minimum absolute atomic E-state index is 0.502. The lowest BCUT2D eigenvalue weighted by molar-refractivity contribution is 0.628. The van der Waals surface area contributed by atoms with Crippen molar-refractivity contribution >= 4 is 54.5 Å². The second kappa shape index (κ2) is 10.6. The van der Waals surface area contributed by atoms with E-state index in [1.807, 2.05) is 0 Å². The van der Waals surface area contributed by atoms with Gasteiger partial charge in [-0.1, -0.05) is 139 Å². The molecule has 0 atom stereocenters. The summed E-state index contributed by atoms with van der Waals surface area (Å²) >= 11 is 0. The molecule has 10 rings (SSSR count). The lowest BCUT2D eigenvalue weighted by Gasteiger charge is -2.17. The Morgan fingerprint density at radius 2 is 0.812 bits per heavy atom. The van der Waals surface area contributed by atoms with Gasteiger partial charge in [-0.3, -0.25) is 0 Å². The van der Waals surface area contributed by atoms with Gasteiger partial charge in [0.1, 0.15) is 22.5 Å². The van der Waals surface area contributed by atoms with Gasteiger partial charge >= 0.3 is 0 Å². The van der Waals surface area contributed by atoms with Crippen molar-refractivity contribution in [3.63, 3.8) is 0 Å². The Morgan fingerprint density at radius 3 is 1.46 bits per heavy atom. The number of hydrogen-bond acceptors (Lipinski definition) is 2. The van der Waals surface area contributed by atoms with Gasteiger partial charge in [0, 0.05) is 27.8 Å². The van der Waals surface area contributed by atoms with Crippen molar-refractivity contribution < 1.29 is 47.2 Å². The predicted octanol–water partition coefficient (Wildman–Crippen LogP) is 13.3. The van der Waals surface area contributed by atoms with Crippen LogP contribution >= 0.6 is 0 Å². The molecule has 2 heterocycles. The van der Waals surface area contributed by atoms with Gasteiger partial charge < -0.3 is 8.83 Å². The highest BCUT2D eigenvalue weighted by molar-refractivity contribution is 6.22. The first-order valence-electron chi connectivity index (χ1n) is 28.1. The fraction of sp³-hybridized carbons (Fsp3) is 0. The third-order valence-corrected chi connectivity index (χ3v) is 7.58. The van der Waals surface area contributed by atoms with Crippen LogP contribution < -0.4 is 0 Å². The third-order valence-electron chi connectivity index (χ3n) is 7.58. The average Bonchev–Trinajstić information content (AvgIpc) is 3.98. The lowest BCUT2D eigenvalue weighted by atomic mass is 9.86. The van der Waals surface area contributed by atoms with Gasteiger partial charge in [0.05, 0.1) is 38.4 Å². The van der Waals surface area contributed by atoms with Gasteiger partial charge in [0.25, 0.3) is 0 Å². The van der Waals surface area contributed by atoms with Crippen LogP contribution in [0, 0.1) is 0 Å². The van der Waals surface area contributed by atoms with E-state index in [2.05, 4.69) is 0 Å². The van der Waals surface area contributed by atoms with Crippen molar-refractivity contribution in [3.05, 3.63) is 169 Å². The Balaban J connectivity index is 1.35. The number of furan rings is 2. The summed E-state index contributed by atoms with van der Waals surface area (Å²) in [6.45, 7) is 0. The Bertz CT molecular complexity index is 4270. The Morgan fingerprint density at radius 1 is 0.312 bits per heavy atom. The van der Waals surface area contributed by atoms with Crippen LogP contribution in [0.25, 0.3) is 99.2 Å². The summed E-state index contributed by atoms with van der Waals surface area (Å²) in [5.74, 6) is -0.736. The van der Waals surface area contributed by atoms with Crippen LogP contribution in [0.2, 0.25) is 0 Å². The molecule has 0 aliphatic rings. The maximum Gasteiger partial charge on any atom is 0.139 e. The highest BCUT2D eigenvalue weighted by atomic mass is 16.3. The Hall–Kier alpha value is -6.38. The Labute approximate surface area is 316 Å². The molecule has 8 aromatic carbocycles. The molecule has 224 valence electrons. The molecule has 0 unspecified atom stereocenters. The predicted molar refractivity (Wildman–Crippen MR) is 200 cm³/mol. The molecule has 0 spiro atoms. The second-order valence-corrected chi connectivity index (χ2v) is 10.3. The van der Waals surface area contributed by atoms with Gasteiger partial charge in [-0.15, -0.1) is 0 Å². The molecule has 0 fully saturated rings. The molecule has 0 amide bonds. The van der Waals surface area contributed by atoms with Gasteiger partial charge in [-0.25, -0.2) is 0 Å². The normalized spacial score (nSPS) is 19.9. The van der Waals surface area contributed by atoms with E-state index >= 15 is 0 Å². The minimum Gasteiger partial charge on any atom is -0.456 e. The van der Waals surface area contributed by atoms with Crippen molar-refractivity contribution in [2.24, 2.45) is 0 Å². The molecule has 2 heteroatoms. The molecule has 0 radical (unpaired) electrons. The van der Waals surface area contributed by atoms with Crippen LogP contribution in [0.15, 0.2) is 178 Å². The highest BCUT2D eigenvalue weighted by Gasteiger charge is 2.18. The quantitative estimate of drug-likeness (QED) is 0.179. The molecule has 48 heavy (non-hydrogen) atoms. The summed E-state index contributed by atoms with van der Waals surface area (Å²) in [6, 6.07) is -25.0. The van der Waals surface area contributed by atoms with E-state index in [1.54, 1.807) is 0 Å². The topological polar surface area (TPSA) is 26.3 Å². The highest BCUT2D eigenvalue weighted by Crippen LogP contribution is 2.45. The fourth-order valence-corrected chi connectivity index (χ4v) is 5.54. The average molecular weight is 641 g/mol. The molecule has 2 nitrogen and oxygen atoms in total. The molecule has 0 aliphatic carbocycles. The van der Waals surface area contributed by atoms with E-state index < -0.39 is 268 Å². The van der Waals surface area contributed by atoms with Crippen LogP contribution in [0.1, 0.15) is 38.4 Å². The molecular formula is C46H28O2. The molecule has 0 saturated carbocycles. The third kappa shape index (κ3) is 4.20. The number of benzene rings is 8. The van der Waals surface area contributed by atoms with Crippen LogP contribution in [-0.2, 0) is 0 Å². The second-order valence-electron chi connectivity index (χ2n) is 10.3. The fourth-order valence-electron chi connectivity index (χ4n) is 5.54. The monoisotopic (exact) mass is 640 g/mol. The molecule has 10 aromatic rings. The van der Waals surface area contributed by atoms with Crippen LogP contribution in [0.3, 0.4) is 0 Å². The molecule has 0 N–H and O–H groups in total. The largest absolute Gasteiger partial charge is 0.456 e. The summed E-state index contributed by atoms with van der Waals surface area (Å²) in [5, 5.41) is -4.30. The lowest BCUT2D eigenvalue weighted by Crippen LogP contribution is -1.90. The molecular weight excluding hydrogens is 585 g/mol. The van der Waals surface area contributed by atoms with E-state index in [-0.39, 0.29) is 0 Å². The summed E-state index contributed by atoms with van der Waals surface area (Å²) in [5.41, 5.74) is -6.69. The van der Waals surface area contributed by atoms with Gasteiger partial charge in [-0.2, -0.15) is 0 Å². The standard InChI is InChI=1S/C46H28O2/c1-3-11-29(12-4-1)30-19-21-31(22-20-30)42-27-34-26-40-39-25-33(23-24-41(39)47-44(40)28-43(34)48-42)46-37-17-9-7-15-35(37)45(32-13-5-2-6-14-32)36-16-8-10-18-38(36)46/h1-28H/i1D,2D,3D,4D,5D,6D,7D,8D,9D,10D,11D,12D,13D,14D,15D,16D,17D,18D,19D,20D,21D,22D,23D,24D,25D,26D,27D,28D. The number of hydrogen-bond donors (Lipinski definition) is 0. The van der Waals surface area contributed by atoms with Crippen molar-refractivity contribution in [2.75, 3.05) is 0 Å². The Kier molecular flexibility index (Phi) is 2.45. The zero-order valence-electron chi connectivity index (χ0n) is 51.8. The summed E-state index contributed by atoms with van der Waals surface area (Å²) in [4.78, 5) is 0. The zero-order valence-corrected chi connectivity index (χ0v) is 23.8. The molecule has 0 saturated heterocycles. The van der Waals surface area contributed by atoms with Gasteiger partial charge in [0.15, 0.2) is 0 Å². The number of rotatable bonds is 4.